The normalized spacial score (nSPS) is 1.50. The topological polar surface area (TPSA) is 96.0 Å². The Balaban J connectivity index is -0.00000000500. The average Bonchev–Trinajstić information content (AvgIpc) is 1.00. The standard InChI is InChI=1S/ClH2N.2H3N/c1-2;;/h2H2;2*1H3. The lowest BCUT2D eigenvalue weighted by Crippen LogP contribution is -1.48. The van der Waals surface area contributed by atoms with Gasteiger partial charge in [-0.3, -0.25) is 0 Å². The Hall–Kier alpha value is 0.170. The highest BCUT2D eigenvalue weighted by Gasteiger charge is 0.868. The molecule has 3 nitrogen and oxygen atoms in total. The monoisotopic (exact) mass is 85.0 g/mol. The SMILES string of the molecule is N.N.NCl. The second-order valence-corrected chi connectivity index (χ2v) is 0. The minimum Gasteiger partial charge on any atom is -0.344 e. The molecule has 0 aliphatic carbocycles. The first-order chi connectivity index (χ1) is 1.00. The van der Waals surface area contributed by atoms with Crippen LogP contribution in [0.3, 0.4) is 0 Å². The predicted octanol–water partition coefficient (Wildman–Crippen LogP) is 0.423. The van der Waals surface area contributed by atoms with E-state index in [9.17, 15) is 0 Å². The molecule has 0 fully saturated rings. The van der Waals surface area contributed by atoms with Crippen LogP contribution in [0.5, 0.6) is 0 Å². The molecule has 0 saturated heterocycles. The molecule has 30 valence electrons. The summed E-state index contributed by atoms with van der Waals surface area (Å²) in [7, 11) is 0. The van der Waals surface area contributed by atoms with Crippen molar-refractivity contribution in [2.45, 2.75) is 0 Å². The number of hydrogen-bond acceptors (Lipinski definition) is 3. The van der Waals surface area contributed by atoms with Gasteiger partial charge in [-0.25, -0.2) is 5.25 Å². The van der Waals surface area contributed by atoms with Gasteiger partial charge in [0.15, 0.2) is 0 Å². The Morgan fingerprint density at radius 1 is 1.00 bits per heavy atom. The van der Waals surface area contributed by atoms with Gasteiger partial charge in [0.25, 0.3) is 0 Å². The third-order valence-corrected chi connectivity index (χ3v) is 0. The van der Waals surface area contributed by atoms with Crippen LogP contribution < -0.4 is 17.6 Å². The third-order valence-electron chi connectivity index (χ3n) is 0. The van der Waals surface area contributed by atoms with Gasteiger partial charge in [-0.15, -0.1) is 0 Å². The van der Waals surface area contributed by atoms with Crippen molar-refractivity contribution in [2.75, 3.05) is 0 Å². The van der Waals surface area contributed by atoms with E-state index in [1.807, 2.05) is 0 Å². The highest BCUT2D eigenvalue weighted by molar-refractivity contribution is 6.11. The van der Waals surface area contributed by atoms with Crippen molar-refractivity contribution in [1.82, 2.24) is 12.3 Å². The van der Waals surface area contributed by atoms with Crippen molar-refractivity contribution in [3.8, 4) is 0 Å². The molecule has 0 aromatic heterocycles. The second kappa shape index (κ2) is 517. The first-order valence-electron chi connectivity index (χ1n) is 0.218. The smallest absolute Gasteiger partial charge is 0.0285 e. The van der Waals surface area contributed by atoms with Crippen LogP contribution >= 0.6 is 11.8 Å². The molecule has 0 aromatic carbocycles. The zero-order valence-corrected chi connectivity index (χ0v) is 3.13. The summed E-state index contributed by atoms with van der Waals surface area (Å²) >= 11 is 4.14. The molecule has 0 heterocycles. The molecular formula is H8ClN3. The number of hydrogen-bond donors (Lipinski definition) is 3. The summed E-state index contributed by atoms with van der Waals surface area (Å²) < 4.78 is 0. The van der Waals surface area contributed by atoms with Crippen LogP contribution in [0.25, 0.3) is 0 Å². The van der Waals surface area contributed by atoms with Crippen LogP contribution in [-0.4, -0.2) is 0 Å². The molecule has 0 bridgehead atoms. The lowest BCUT2D eigenvalue weighted by molar-refractivity contribution is 2.00. The molecule has 0 aromatic rings. The quantitative estimate of drug-likeness (QED) is 0.372. The first-order valence-corrected chi connectivity index (χ1v) is 0.655. The Labute approximate surface area is 30.4 Å². The molecule has 0 amide bonds. The van der Waals surface area contributed by atoms with E-state index in [4.69, 9.17) is 0 Å². The second-order valence-electron chi connectivity index (χ2n) is 0. The van der Waals surface area contributed by atoms with E-state index in [1.165, 1.54) is 0 Å². The molecule has 0 rings (SSSR count). The van der Waals surface area contributed by atoms with E-state index in [0.717, 1.165) is 0 Å². The Morgan fingerprint density at radius 2 is 1.00 bits per heavy atom. The third kappa shape index (κ3) is 103. The molecule has 0 aliphatic rings. The fraction of sp³-hybridized carbons (Fsp3) is 0. The van der Waals surface area contributed by atoms with Gasteiger partial charge in [0.1, 0.15) is 0 Å². The van der Waals surface area contributed by atoms with E-state index >= 15 is 0 Å². The van der Waals surface area contributed by atoms with Crippen molar-refractivity contribution in [3.05, 3.63) is 0 Å². The van der Waals surface area contributed by atoms with Gasteiger partial charge in [0.05, 0.1) is 0 Å². The van der Waals surface area contributed by atoms with Gasteiger partial charge in [0.2, 0.25) is 0 Å². The van der Waals surface area contributed by atoms with Crippen LogP contribution in [0.4, 0.5) is 0 Å². The maximum Gasteiger partial charge on any atom is -0.0285 e. The van der Waals surface area contributed by atoms with Crippen LogP contribution in [0, 0.1) is 0 Å². The number of rotatable bonds is 0. The van der Waals surface area contributed by atoms with Gasteiger partial charge in [0, 0.05) is 0 Å². The molecule has 0 unspecified atom stereocenters. The molecule has 4 heavy (non-hydrogen) atoms. The highest BCUT2D eigenvalue weighted by atomic mass is 35.5. The molecule has 0 aliphatic heterocycles. The molecule has 0 radical (unpaired) electrons. The zero-order chi connectivity index (χ0) is 2.00. The van der Waals surface area contributed by atoms with E-state index < -0.39 is 0 Å². The van der Waals surface area contributed by atoms with Crippen LogP contribution in [0.2, 0.25) is 0 Å². The Bertz CT molecular complexity index is 3.25. The van der Waals surface area contributed by atoms with Crippen molar-refractivity contribution in [3.63, 3.8) is 0 Å². The van der Waals surface area contributed by atoms with Crippen LogP contribution in [0.1, 0.15) is 0 Å². The largest absolute Gasteiger partial charge is 0.344 e. The van der Waals surface area contributed by atoms with Crippen molar-refractivity contribution < 1.29 is 0 Å². The number of nitrogens with two attached hydrogens (primary N) is 1. The summed E-state index contributed by atoms with van der Waals surface area (Å²) in [4.78, 5) is 0. The molecule has 8 N–H and O–H groups in total. The van der Waals surface area contributed by atoms with Gasteiger partial charge in [-0.05, 0) is 11.8 Å². The summed E-state index contributed by atoms with van der Waals surface area (Å²) in [6.07, 6.45) is 0. The Morgan fingerprint density at radius 3 is 1.00 bits per heavy atom. The van der Waals surface area contributed by atoms with Crippen LogP contribution in [-0.2, 0) is 0 Å². The van der Waals surface area contributed by atoms with E-state index in [-0.39, 0.29) is 12.3 Å². The maximum atomic E-state index is 4.14. The molecule has 4 heteroatoms. The zero-order valence-electron chi connectivity index (χ0n) is 2.37. The molecule has 0 atom stereocenters. The maximum absolute atomic E-state index is 4.14. The van der Waals surface area contributed by atoms with Gasteiger partial charge < -0.3 is 12.3 Å². The lowest BCUT2D eigenvalue weighted by atomic mass is 14.0. The van der Waals surface area contributed by atoms with Gasteiger partial charge in [-0.2, -0.15) is 0 Å². The minimum absolute atomic E-state index is 0. The number of halogens is 1. The summed E-state index contributed by atoms with van der Waals surface area (Å²) in [5.74, 6) is 0. The van der Waals surface area contributed by atoms with E-state index in [1.54, 1.807) is 0 Å². The average molecular weight is 85.5 g/mol. The summed E-state index contributed by atoms with van der Waals surface area (Å²) in [5.41, 5.74) is 0. The predicted molar refractivity (Wildman–Crippen MR) is 20.1 cm³/mol. The Kier molecular flexibility index (Phi) is 3950. The minimum atomic E-state index is 0. The van der Waals surface area contributed by atoms with E-state index in [2.05, 4.69) is 17.0 Å². The van der Waals surface area contributed by atoms with Crippen LogP contribution in [0.15, 0.2) is 0 Å². The molecule has 0 saturated carbocycles. The van der Waals surface area contributed by atoms with E-state index in [0.29, 0.717) is 0 Å². The molecule has 0 spiro atoms. The fourth-order valence-electron chi connectivity index (χ4n) is 0. The van der Waals surface area contributed by atoms with Gasteiger partial charge >= 0.3 is 0 Å². The summed E-state index contributed by atoms with van der Waals surface area (Å²) in [6, 6.07) is 0. The lowest BCUT2D eigenvalue weighted by Gasteiger charge is -1.14. The first kappa shape index (κ1) is 30.6. The van der Waals surface area contributed by atoms with Crippen molar-refractivity contribution >= 4 is 11.8 Å². The highest BCUT2D eigenvalue weighted by Crippen LogP contribution is 1.15. The van der Waals surface area contributed by atoms with Crippen molar-refractivity contribution in [2.24, 2.45) is 5.25 Å². The summed E-state index contributed by atoms with van der Waals surface area (Å²) in [6.45, 7) is 0. The molecular weight excluding hydrogens is 77.5 g/mol. The fourth-order valence-corrected chi connectivity index (χ4v) is 0. The van der Waals surface area contributed by atoms with Gasteiger partial charge in [-0.1, -0.05) is 0 Å². The van der Waals surface area contributed by atoms with Crippen molar-refractivity contribution in [1.29, 1.82) is 0 Å². The summed E-state index contributed by atoms with van der Waals surface area (Å²) in [5, 5.41) is 3.97.